The fraction of sp³-hybridized carbons (Fsp3) is 0.208. The Morgan fingerprint density at radius 3 is 2.77 bits per heavy atom. The number of thiazole rings is 1. The molecule has 2 N–H and O–H groups in total. The van der Waals surface area contributed by atoms with E-state index < -0.39 is 0 Å². The van der Waals surface area contributed by atoms with E-state index in [0.29, 0.717) is 19.4 Å². The van der Waals surface area contributed by atoms with Gasteiger partial charge in [-0.05, 0) is 24.1 Å². The average Bonchev–Trinajstić information content (AvgIpc) is 3.49. The molecule has 0 radical (unpaired) electrons. The lowest BCUT2D eigenvalue weighted by atomic mass is 10.1. The van der Waals surface area contributed by atoms with E-state index in [2.05, 4.69) is 46.5 Å². The van der Waals surface area contributed by atoms with Gasteiger partial charge in [-0.15, -0.1) is 11.3 Å². The van der Waals surface area contributed by atoms with Crippen LogP contribution in [0.4, 0.5) is 0 Å². The average molecular weight is 430 g/mol. The zero-order valence-electron chi connectivity index (χ0n) is 17.3. The first kappa shape index (κ1) is 19.5. The maximum Gasteiger partial charge on any atom is 0.225 e. The number of hydrogen-bond donors (Lipinski definition) is 2. The predicted molar refractivity (Wildman–Crippen MR) is 124 cm³/mol. The number of rotatable bonds is 7. The molecule has 156 valence electrons. The summed E-state index contributed by atoms with van der Waals surface area (Å²) in [4.78, 5) is 26.0. The van der Waals surface area contributed by atoms with Crippen molar-refractivity contribution in [3.63, 3.8) is 0 Å². The fourth-order valence-corrected chi connectivity index (χ4v) is 4.55. The van der Waals surface area contributed by atoms with Crippen LogP contribution < -0.4 is 5.32 Å². The summed E-state index contributed by atoms with van der Waals surface area (Å²) in [6, 6.07) is 16.4. The summed E-state index contributed by atoms with van der Waals surface area (Å²) >= 11 is 1.56. The van der Waals surface area contributed by atoms with Gasteiger partial charge in [-0.1, -0.05) is 43.3 Å². The normalized spacial score (nSPS) is 11.4. The molecule has 3 aromatic heterocycles. The molecule has 5 rings (SSSR count). The Balaban J connectivity index is 1.22. The van der Waals surface area contributed by atoms with Crippen LogP contribution in [0.2, 0.25) is 0 Å². The van der Waals surface area contributed by atoms with Crippen molar-refractivity contribution in [2.75, 3.05) is 6.54 Å². The minimum absolute atomic E-state index is 0.00152. The van der Waals surface area contributed by atoms with Crippen LogP contribution >= 0.6 is 11.3 Å². The number of benzene rings is 2. The van der Waals surface area contributed by atoms with Gasteiger partial charge in [0.05, 0.1) is 23.1 Å². The second-order valence-corrected chi connectivity index (χ2v) is 8.37. The molecule has 0 saturated heterocycles. The predicted octanol–water partition coefficient (Wildman–Crippen LogP) is 4.40. The fourth-order valence-electron chi connectivity index (χ4n) is 3.68. The second kappa shape index (κ2) is 8.35. The first-order chi connectivity index (χ1) is 15.2. The number of aromatic amines is 1. The number of nitrogens with one attached hydrogen (secondary N) is 2. The number of H-pyrrole nitrogens is 1. The molecule has 0 aliphatic rings. The SMILES string of the molecule is CCc1ccc(-c2cn3c(CC(=O)NCCc4nc5ccccc5[nH]4)csc3n2)cc1. The number of para-hydroxylation sites is 2. The highest BCUT2D eigenvalue weighted by Crippen LogP contribution is 2.24. The van der Waals surface area contributed by atoms with Crippen molar-refractivity contribution < 1.29 is 4.79 Å². The van der Waals surface area contributed by atoms with E-state index in [1.54, 1.807) is 11.3 Å². The molecule has 2 aromatic carbocycles. The first-order valence-electron chi connectivity index (χ1n) is 10.4. The highest BCUT2D eigenvalue weighted by molar-refractivity contribution is 7.15. The number of hydrogen-bond acceptors (Lipinski definition) is 4. The van der Waals surface area contributed by atoms with Crippen molar-refractivity contribution in [2.45, 2.75) is 26.2 Å². The molecule has 5 aromatic rings. The molecule has 0 aliphatic heterocycles. The monoisotopic (exact) mass is 429 g/mol. The number of aryl methyl sites for hydroxylation is 1. The van der Waals surface area contributed by atoms with Crippen LogP contribution in [0.3, 0.4) is 0 Å². The van der Waals surface area contributed by atoms with Crippen molar-refractivity contribution in [3.05, 3.63) is 77.2 Å². The molecule has 0 fully saturated rings. The Morgan fingerprint density at radius 1 is 1.13 bits per heavy atom. The molecule has 0 spiro atoms. The van der Waals surface area contributed by atoms with Crippen molar-refractivity contribution >= 4 is 33.2 Å². The Labute approximate surface area is 184 Å². The highest BCUT2D eigenvalue weighted by Gasteiger charge is 2.13. The summed E-state index contributed by atoms with van der Waals surface area (Å²) in [5, 5.41) is 5.01. The number of nitrogens with zero attached hydrogens (tertiary/aromatic N) is 3. The Kier molecular flexibility index (Phi) is 5.26. The third kappa shape index (κ3) is 4.09. The van der Waals surface area contributed by atoms with Gasteiger partial charge in [-0.2, -0.15) is 0 Å². The van der Waals surface area contributed by atoms with E-state index in [1.807, 2.05) is 40.2 Å². The van der Waals surface area contributed by atoms with Gasteiger partial charge in [0.15, 0.2) is 4.96 Å². The zero-order chi connectivity index (χ0) is 21.2. The van der Waals surface area contributed by atoms with Crippen LogP contribution in [-0.2, 0) is 24.1 Å². The topological polar surface area (TPSA) is 75.1 Å². The van der Waals surface area contributed by atoms with Crippen LogP contribution in [0, 0.1) is 0 Å². The van der Waals surface area contributed by atoms with Gasteiger partial charge in [0.2, 0.25) is 5.91 Å². The largest absolute Gasteiger partial charge is 0.355 e. The van der Waals surface area contributed by atoms with Gasteiger partial charge in [0, 0.05) is 35.8 Å². The number of carbonyl (C=O) groups is 1. The smallest absolute Gasteiger partial charge is 0.225 e. The highest BCUT2D eigenvalue weighted by atomic mass is 32.1. The molecule has 0 bridgehead atoms. The molecule has 31 heavy (non-hydrogen) atoms. The van der Waals surface area contributed by atoms with Crippen molar-refractivity contribution in [3.8, 4) is 11.3 Å². The summed E-state index contributed by atoms with van der Waals surface area (Å²) in [6.07, 6.45) is 4.03. The number of fused-ring (bicyclic) bond motifs is 2. The van der Waals surface area contributed by atoms with Gasteiger partial charge in [0.25, 0.3) is 0 Å². The number of imidazole rings is 2. The summed E-state index contributed by atoms with van der Waals surface area (Å²) in [6.45, 7) is 2.69. The molecular weight excluding hydrogens is 406 g/mol. The van der Waals surface area contributed by atoms with Crippen LogP contribution in [0.15, 0.2) is 60.1 Å². The van der Waals surface area contributed by atoms with E-state index >= 15 is 0 Å². The molecular formula is C24H23N5OS. The quantitative estimate of drug-likeness (QED) is 0.403. The molecule has 0 atom stereocenters. The van der Waals surface area contributed by atoms with E-state index in [0.717, 1.165) is 45.2 Å². The molecule has 0 unspecified atom stereocenters. The van der Waals surface area contributed by atoms with E-state index in [4.69, 9.17) is 4.98 Å². The van der Waals surface area contributed by atoms with Gasteiger partial charge in [0.1, 0.15) is 5.82 Å². The summed E-state index contributed by atoms with van der Waals surface area (Å²) in [7, 11) is 0. The van der Waals surface area contributed by atoms with E-state index in [1.165, 1.54) is 5.56 Å². The van der Waals surface area contributed by atoms with E-state index in [9.17, 15) is 4.79 Å². The minimum atomic E-state index is -0.00152. The van der Waals surface area contributed by atoms with Crippen molar-refractivity contribution in [2.24, 2.45) is 0 Å². The third-order valence-corrected chi connectivity index (χ3v) is 6.29. The van der Waals surface area contributed by atoms with Crippen LogP contribution in [0.5, 0.6) is 0 Å². The number of aromatic nitrogens is 4. The summed E-state index contributed by atoms with van der Waals surface area (Å²) in [5.74, 6) is 0.881. The van der Waals surface area contributed by atoms with E-state index in [-0.39, 0.29) is 5.91 Å². The van der Waals surface area contributed by atoms with Gasteiger partial charge in [-0.25, -0.2) is 9.97 Å². The summed E-state index contributed by atoms with van der Waals surface area (Å²) < 4.78 is 2.02. The standard InChI is InChI=1S/C24H23N5OS/c1-2-16-7-9-17(10-8-16)21-14-29-18(15-31-24(29)28-21)13-23(30)25-12-11-22-26-19-5-3-4-6-20(19)27-22/h3-10,14-15H,2,11-13H2,1H3,(H,25,30)(H,26,27). The Hall–Kier alpha value is -3.45. The van der Waals surface area contributed by atoms with Crippen LogP contribution in [-0.4, -0.2) is 31.8 Å². The summed E-state index contributed by atoms with van der Waals surface area (Å²) in [5.41, 5.74) is 6.25. The van der Waals surface area contributed by atoms with Crippen molar-refractivity contribution in [1.82, 2.24) is 24.7 Å². The lowest BCUT2D eigenvalue weighted by Crippen LogP contribution is -2.27. The molecule has 0 aliphatic carbocycles. The molecule has 1 amide bonds. The second-order valence-electron chi connectivity index (χ2n) is 7.53. The number of carbonyl (C=O) groups excluding carboxylic acids is 1. The van der Waals surface area contributed by atoms with Gasteiger partial charge >= 0.3 is 0 Å². The lowest BCUT2D eigenvalue weighted by Gasteiger charge is -2.03. The van der Waals surface area contributed by atoms with Gasteiger partial charge < -0.3 is 10.3 Å². The Morgan fingerprint density at radius 2 is 1.97 bits per heavy atom. The maximum atomic E-state index is 12.5. The van der Waals surface area contributed by atoms with Gasteiger partial charge in [-0.3, -0.25) is 9.20 Å². The van der Waals surface area contributed by atoms with Crippen LogP contribution in [0.1, 0.15) is 24.0 Å². The van der Waals surface area contributed by atoms with Crippen molar-refractivity contribution in [1.29, 1.82) is 0 Å². The zero-order valence-corrected chi connectivity index (χ0v) is 18.1. The molecule has 6 nitrogen and oxygen atoms in total. The molecule has 3 heterocycles. The Bertz CT molecular complexity index is 1310. The molecule has 0 saturated carbocycles. The maximum absolute atomic E-state index is 12.5. The minimum Gasteiger partial charge on any atom is -0.355 e. The molecule has 7 heteroatoms. The van der Waals surface area contributed by atoms with Crippen LogP contribution in [0.25, 0.3) is 27.3 Å². The lowest BCUT2D eigenvalue weighted by molar-refractivity contribution is -0.120. The third-order valence-electron chi connectivity index (χ3n) is 5.41. The first-order valence-corrected chi connectivity index (χ1v) is 11.3. The number of amides is 1.